The molecular weight excluding hydrogens is 368 g/mol. The molecule has 1 amide bonds. The van der Waals surface area contributed by atoms with Crippen LogP contribution in [-0.2, 0) is 4.74 Å². The van der Waals surface area contributed by atoms with E-state index < -0.39 is 0 Å². The second-order valence-electron chi connectivity index (χ2n) is 6.70. The average Bonchev–Trinajstić information content (AvgIpc) is 2.73. The lowest BCUT2D eigenvalue weighted by Gasteiger charge is -2.10. The number of pyridine rings is 1. The normalized spacial score (nSPS) is 10.6. The zero-order valence-electron chi connectivity index (χ0n) is 16.8. The number of hydrogen-bond acceptors (Lipinski definition) is 5. The van der Waals surface area contributed by atoms with Crippen LogP contribution in [0.1, 0.15) is 46.2 Å². The summed E-state index contributed by atoms with van der Waals surface area (Å²) in [6.07, 6.45) is 1.81. The lowest BCUT2D eigenvalue weighted by molar-refractivity contribution is 0.0499. The molecule has 0 atom stereocenters. The van der Waals surface area contributed by atoms with Crippen molar-refractivity contribution in [1.82, 2.24) is 4.98 Å². The maximum atomic E-state index is 12.7. The van der Waals surface area contributed by atoms with Gasteiger partial charge in [-0.2, -0.15) is 0 Å². The van der Waals surface area contributed by atoms with Crippen LogP contribution in [0.5, 0.6) is 5.75 Å². The van der Waals surface area contributed by atoms with Gasteiger partial charge in [0, 0.05) is 17.1 Å². The van der Waals surface area contributed by atoms with Crippen LogP contribution in [0, 0.1) is 6.92 Å². The van der Waals surface area contributed by atoms with Crippen LogP contribution in [0.15, 0.2) is 48.5 Å². The van der Waals surface area contributed by atoms with E-state index in [-0.39, 0.29) is 11.9 Å². The molecule has 0 aliphatic rings. The summed E-state index contributed by atoms with van der Waals surface area (Å²) < 4.78 is 10.4. The molecule has 0 spiro atoms. The van der Waals surface area contributed by atoms with Gasteiger partial charge >= 0.3 is 5.97 Å². The Morgan fingerprint density at radius 2 is 1.83 bits per heavy atom. The minimum Gasteiger partial charge on any atom is -0.497 e. The fourth-order valence-electron chi connectivity index (χ4n) is 2.88. The molecule has 3 aromatic rings. The summed E-state index contributed by atoms with van der Waals surface area (Å²) in [5, 5.41) is 3.70. The molecule has 1 heterocycles. The first-order valence-electron chi connectivity index (χ1n) is 9.55. The van der Waals surface area contributed by atoms with Crippen molar-refractivity contribution in [3.05, 3.63) is 65.4 Å². The first kappa shape index (κ1) is 20.3. The zero-order chi connectivity index (χ0) is 20.8. The van der Waals surface area contributed by atoms with Crippen LogP contribution in [0.2, 0.25) is 0 Å². The van der Waals surface area contributed by atoms with Crippen LogP contribution in [0.3, 0.4) is 0 Å². The second-order valence-corrected chi connectivity index (χ2v) is 6.70. The number of aromatic nitrogens is 1. The highest BCUT2D eigenvalue weighted by atomic mass is 16.5. The first-order valence-corrected chi connectivity index (χ1v) is 9.55. The van der Waals surface area contributed by atoms with E-state index in [1.807, 2.05) is 31.2 Å². The van der Waals surface area contributed by atoms with E-state index in [0.717, 1.165) is 29.5 Å². The van der Waals surface area contributed by atoms with E-state index in [2.05, 4.69) is 10.3 Å². The van der Waals surface area contributed by atoms with Crippen LogP contribution < -0.4 is 10.1 Å². The average molecular weight is 392 g/mol. The maximum Gasteiger partial charge on any atom is 0.338 e. The SMILES string of the molecule is CCCCOC(=O)c1ccc(NC(=O)c2cc3ccc(OC)cc3nc2C)cc1. The molecule has 0 saturated carbocycles. The molecule has 0 aliphatic carbocycles. The number of ether oxygens (including phenoxy) is 2. The predicted octanol–water partition coefficient (Wildman–Crippen LogP) is 4.76. The van der Waals surface area contributed by atoms with E-state index in [1.165, 1.54) is 0 Å². The second kappa shape index (κ2) is 9.19. The molecule has 0 unspecified atom stereocenters. The van der Waals surface area contributed by atoms with Gasteiger partial charge in [-0.25, -0.2) is 4.79 Å². The highest BCUT2D eigenvalue weighted by molar-refractivity contribution is 6.07. The third-order valence-electron chi connectivity index (χ3n) is 4.57. The predicted molar refractivity (Wildman–Crippen MR) is 113 cm³/mol. The number of anilines is 1. The van der Waals surface area contributed by atoms with Crippen LogP contribution in [0.4, 0.5) is 5.69 Å². The number of benzene rings is 2. The maximum absolute atomic E-state index is 12.7. The highest BCUT2D eigenvalue weighted by Crippen LogP contribution is 2.22. The Hall–Kier alpha value is -3.41. The molecule has 6 nitrogen and oxygen atoms in total. The van der Waals surface area contributed by atoms with Crippen molar-refractivity contribution < 1.29 is 19.1 Å². The first-order chi connectivity index (χ1) is 14.0. The van der Waals surface area contributed by atoms with Gasteiger partial charge in [-0.3, -0.25) is 9.78 Å². The molecule has 2 aromatic carbocycles. The number of fused-ring (bicyclic) bond motifs is 1. The number of carbonyl (C=O) groups excluding carboxylic acids is 2. The van der Waals surface area contributed by atoms with Crippen molar-refractivity contribution >= 4 is 28.5 Å². The number of nitrogens with one attached hydrogen (secondary N) is 1. The molecule has 6 heteroatoms. The molecular formula is C23H24N2O4. The number of methoxy groups -OCH3 is 1. The quantitative estimate of drug-likeness (QED) is 0.463. The Morgan fingerprint density at radius 3 is 2.52 bits per heavy atom. The summed E-state index contributed by atoms with van der Waals surface area (Å²) in [6.45, 7) is 4.24. The number of carbonyl (C=O) groups is 2. The molecule has 0 fully saturated rings. The monoisotopic (exact) mass is 392 g/mol. The van der Waals surface area contributed by atoms with Gasteiger partial charge in [0.05, 0.1) is 36.1 Å². The van der Waals surface area contributed by atoms with Crippen molar-refractivity contribution in [3.63, 3.8) is 0 Å². The molecule has 150 valence electrons. The van der Waals surface area contributed by atoms with Gasteiger partial charge in [0.15, 0.2) is 0 Å². The summed E-state index contributed by atoms with van der Waals surface area (Å²) in [4.78, 5) is 29.2. The molecule has 0 radical (unpaired) electrons. The molecule has 0 saturated heterocycles. The Balaban J connectivity index is 1.73. The van der Waals surface area contributed by atoms with Crippen molar-refractivity contribution in [3.8, 4) is 5.75 Å². The third kappa shape index (κ3) is 4.90. The summed E-state index contributed by atoms with van der Waals surface area (Å²) in [7, 11) is 1.60. The zero-order valence-corrected chi connectivity index (χ0v) is 16.8. The topological polar surface area (TPSA) is 77.5 Å². The van der Waals surface area contributed by atoms with Crippen molar-refractivity contribution in [2.45, 2.75) is 26.7 Å². The molecule has 0 bridgehead atoms. The van der Waals surface area contributed by atoms with E-state index in [9.17, 15) is 9.59 Å². The fraction of sp³-hybridized carbons (Fsp3) is 0.261. The highest BCUT2D eigenvalue weighted by Gasteiger charge is 2.13. The van der Waals surface area contributed by atoms with Crippen molar-refractivity contribution in [1.29, 1.82) is 0 Å². The number of rotatable bonds is 7. The fourth-order valence-corrected chi connectivity index (χ4v) is 2.88. The van der Waals surface area contributed by atoms with E-state index >= 15 is 0 Å². The lowest BCUT2D eigenvalue weighted by atomic mass is 10.1. The largest absolute Gasteiger partial charge is 0.497 e. The number of aryl methyl sites for hydroxylation is 1. The molecule has 29 heavy (non-hydrogen) atoms. The smallest absolute Gasteiger partial charge is 0.338 e. The van der Waals surface area contributed by atoms with Crippen LogP contribution in [-0.4, -0.2) is 30.6 Å². The van der Waals surface area contributed by atoms with Gasteiger partial charge in [0.2, 0.25) is 0 Å². The molecule has 3 rings (SSSR count). The summed E-state index contributed by atoms with van der Waals surface area (Å²) >= 11 is 0. The van der Waals surface area contributed by atoms with Gasteiger partial charge in [-0.1, -0.05) is 13.3 Å². The standard InChI is InChI=1S/C23H24N2O4/c1-4-5-12-29-23(27)16-6-9-18(10-7-16)25-22(26)20-13-17-8-11-19(28-3)14-21(17)24-15(20)2/h6-11,13-14H,4-5,12H2,1-3H3,(H,25,26). The lowest BCUT2D eigenvalue weighted by Crippen LogP contribution is -2.14. The van der Waals surface area contributed by atoms with Crippen LogP contribution >= 0.6 is 0 Å². The Kier molecular flexibility index (Phi) is 6.44. The van der Waals surface area contributed by atoms with Gasteiger partial charge < -0.3 is 14.8 Å². The summed E-state index contributed by atoms with van der Waals surface area (Å²) in [5.74, 6) is 0.0993. The van der Waals surface area contributed by atoms with Crippen molar-refractivity contribution in [2.24, 2.45) is 0 Å². The number of unbranched alkanes of at least 4 members (excludes halogenated alkanes) is 1. The Bertz CT molecular complexity index is 1030. The van der Waals surface area contributed by atoms with E-state index in [0.29, 0.717) is 29.1 Å². The molecule has 1 N–H and O–H groups in total. The van der Waals surface area contributed by atoms with Gasteiger partial charge in [-0.05, 0) is 55.8 Å². The van der Waals surface area contributed by atoms with Crippen molar-refractivity contribution in [2.75, 3.05) is 19.0 Å². The van der Waals surface area contributed by atoms with Crippen LogP contribution in [0.25, 0.3) is 10.9 Å². The third-order valence-corrected chi connectivity index (χ3v) is 4.57. The Morgan fingerprint density at radius 1 is 1.07 bits per heavy atom. The molecule has 1 aromatic heterocycles. The minimum atomic E-state index is -0.360. The number of esters is 1. The minimum absolute atomic E-state index is 0.258. The van der Waals surface area contributed by atoms with Gasteiger partial charge in [0.25, 0.3) is 5.91 Å². The van der Waals surface area contributed by atoms with E-state index in [4.69, 9.17) is 9.47 Å². The number of nitrogens with zero attached hydrogens (tertiary/aromatic N) is 1. The number of amides is 1. The molecule has 0 aliphatic heterocycles. The summed E-state index contributed by atoms with van der Waals surface area (Å²) in [6, 6.07) is 14.0. The van der Waals surface area contributed by atoms with Gasteiger partial charge in [0.1, 0.15) is 5.75 Å². The van der Waals surface area contributed by atoms with Gasteiger partial charge in [-0.15, -0.1) is 0 Å². The van der Waals surface area contributed by atoms with E-state index in [1.54, 1.807) is 38.3 Å². The number of hydrogen-bond donors (Lipinski definition) is 1. The Labute approximate surface area is 169 Å². The summed E-state index contributed by atoms with van der Waals surface area (Å²) in [5.41, 5.74) is 2.93.